The van der Waals surface area contributed by atoms with Crippen LogP contribution in [0.3, 0.4) is 0 Å². The van der Waals surface area contributed by atoms with Gasteiger partial charge in [0.05, 0.1) is 42.6 Å². The van der Waals surface area contributed by atoms with Crippen LogP contribution in [-0.2, 0) is 28.6 Å². The van der Waals surface area contributed by atoms with Crippen molar-refractivity contribution in [2.45, 2.75) is 108 Å². The molecule has 1 spiro atoms. The quantitative estimate of drug-likeness (QED) is 0.144. The molecule has 3 amide bonds. The topological polar surface area (TPSA) is 228 Å². The van der Waals surface area contributed by atoms with Gasteiger partial charge >= 0.3 is 5.97 Å². The Bertz CT molecular complexity index is 1430. The number of benzene rings is 1. The molecule has 3 saturated heterocycles. The van der Waals surface area contributed by atoms with Crippen molar-refractivity contribution >= 4 is 23.7 Å². The number of amides is 3. The molecular formula is C35H54N4O12. The second-order valence-electron chi connectivity index (χ2n) is 15.1. The largest absolute Gasteiger partial charge is 0.507 e. The fourth-order valence-corrected chi connectivity index (χ4v) is 7.14. The highest BCUT2D eigenvalue weighted by atomic mass is 16.6. The minimum absolute atomic E-state index is 0.0479. The van der Waals surface area contributed by atoms with Gasteiger partial charge in [0.15, 0.2) is 5.60 Å². The summed E-state index contributed by atoms with van der Waals surface area (Å²) in [5.41, 5.74) is -1.93. The summed E-state index contributed by atoms with van der Waals surface area (Å²) in [7, 11) is 0. The van der Waals surface area contributed by atoms with Crippen LogP contribution in [-0.4, -0.2) is 159 Å². The highest BCUT2D eigenvalue weighted by Crippen LogP contribution is 2.38. The molecule has 286 valence electrons. The van der Waals surface area contributed by atoms with E-state index in [1.807, 2.05) is 20.8 Å². The zero-order valence-corrected chi connectivity index (χ0v) is 30.3. The van der Waals surface area contributed by atoms with Gasteiger partial charge in [-0.2, -0.15) is 0 Å². The maximum Gasteiger partial charge on any atom is 0.336 e. The molecular weight excluding hydrogens is 668 g/mol. The van der Waals surface area contributed by atoms with Crippen LogP contribution in [0.4, 0.5) is 0 Å². The summed E-state index contributed by atoms with van der Waals surface area (Å²) < 4.78 is 17.7. The second-order valence-corrected chi connectivity index (χ2v) is 15.1. The number of aliphatic hydroxyl groups is 3. The zero-order chi connectivity index (χ0) is 37.9. The number of carboxylic acid groups (broad SMARTS) is 1. The molecule has 0 unspecified atom stereocenters. The van der Waals surface area contributed by atoms with Crippen LogP contribution in [0.15, 0.2) is 12.1 Å². The molecule has 1 aromatic carbocycles. The molecule has 51 heavy (non-hydrogen) atoms. The van der Waals surface area contributed by atoms with Gasteiger partial charge in [-0.25, -0.2) is 4.79 Å². The van der Waals surface area contributed by atoms with Crippen molar-refractivity contribution in [2.24, 2.45) is 0 Å². The standard InChI is InChI=1S/C35H54N4O12/c1-20-13-23(14-21(2)28(20)44)31(46)36-16-25(42)29(45)30-27(37-22(3)40)24(41)15-35(51-30,32(47)48)8-10-39-11-12-49-19-34(39)7-9-38(18-34)26(43)17-50-33(4,5)6/h13-14,24-25,27,29-30,41-42,44-45H,7-12,15-19H2,1-6H3,(H,36,46)(H,37,40)(H,47,48)/t24-,25+,27+,29+,30+,34-,35+/m0/s1. The zero-order valence-electron chi connectivity index (χ0n) is 30.3. The summed E-state index contributed by atoms with van der Waals surface area (Å²) >= 11 is 0. The van der Waals surface area contributed by atoms with E-state index in [9.17, 15) is 44.7 Å². The number of phenolic OH excluding ortho intramolecular Hbond substituents is 1. The first-order valence-corrected chi connectivity index (χ1v) is 17.3. The van der Waals surface area contributed by atoms with Gasteiger partial charge in [-0.15, -0.1) is 0 Å². The summed E-state index contributed by atoms with van der Waals surface area (Å²) in [5.74, 6) is -2.68. The van der Waals surface area contributed by atoms with Crippen LogP contribution in [0.1, 0.15) is 68.4 Å². The fourth-order valence-electron chi connectivity index (χ4n) is 7.14. The Hall–Kier alpha value is -3.38. The summed E-state index contributed by atoms with van der Waals surface area (Å²) in [6.07, 6.45) is -6.58. The van der Waals surface area contributed by atoms with Crippen molar-refractivity contribution in [1.29, 1.82) is 0 Å². The first-order chi connectivity index (χ1) is 23.8. The third-order valence-electron chi connectivity index (χ3n) is 10.0. The number of aromatic hydroxyl groups is 1. The summed E-state index contributed by atoms with van der Waals surface area (Å²) in [5, 5.41) is 59.2. The predicted molar refractivity (Wildman–Crippen MR) is 182 cm³/mol. The Morgan fingerprint density at radius 2 is 1.78 bits per heavy atom. The fraction of sp³-hybridized carbons (Fsp3) is 0.714. The molecule has 4 rings (SSSR count). The predicted octanol–water partition coefficient (Wildman–Crippen LogP) is -0.553. The number of hydrogen-bond acceptors (Lipinski definition) is 12. The number of hydrogen-bond donors (Lipinski definition) is 7. The number of nitrogens with zero attached hydrogens (tertiary/aromatic N) is 2. The SMILES string of the molecule is CC(=O)N[C@H]1[C@H]([C@H](O)[C@H](O)CNC(=O)c2cc(C)c(O)c(C)c2)O[C@@](CCN2CCOC[C@@]23CCN(C(=O)COC(C)(C)C)C3)(C(=O)O)C[C@@H]1O. The lowest BCUT2D eigenvalue weighted by molar-refractivity contribution is -0.231. The molecule has 0 aromatic heterocycles. The smallest absolute Gasteiger partial charge is 0.336 e. The third-order valence-corrected chi connectivity index (χ3v) is 10.0. The summed E-state index contributed by atoms with van der Waals surface area (Å²) in [6, 6.07) is 1.66. The Kier molecular flexibility index (Phi) is 12.8. The lowest BCUT2D eigenvalue weighted by Gasteiger charge is -2.49. The van der Waals surface area contributed by atoms with E-state index < -0.39 is 77.9 Å². The summed E-state index contributed by atoms with van der Waals surface area (Å²) in [6.45, 7) is 11.7. The number of aryl methyl sites for hydroxylation is 2. The maximum atomic E-state index is 13.0. The van der Waals surface area contributed by atoms with Gasteiger partial charge in [0.25, 0.3) is 5.91 Å². The lowest BCUT2D eigenvalue weighted by atomic mass is 9.81. The molecule has 1 aromatic rings. The van der Waals surface area contributed by atoms with E-state index in [2.05, 4.69) is 15.5 Å². The van der Waals surface area contributed by atoms with Crippen LogP contribution in [0.5, 0.6) is 5.75 Å². The van der Waals surface area contributed by atoms with E-state index in [0.717, 1.165) is 0 Å². The second kappa shape index (κ2) is 16.1. The van der Waals surface area contributed by atoms with Gasteiger partial charge in [0.1, 0.15) is 24.6 Å². The first-order valence-electron chi connectivity index (χ1n) is 17.3. The van der Waals surface area contributed by atoms with E-state index in [4.69, 9.17) is 14.2 Å². The van der Waals surface area contributed by atoms with Crippen LogP contribution in [0, 0.1) is 13.8 Å². The van der Waals surface area contributed by atoms with Gasteiger partial charge in [-0.05, 0) is 64.3 Å². The number of aliphatic carboxylic acids is 1. The monoisotopic (exact) mass is 722 g/mol. The number of carboxylic acids is 1. The minimum atomic E-state index is -2.03. The van der Waals surface area contributed by atoms with Gasteiger partial charge in [0.2, 0.25) is 11.8 Å². The average molecular weight is 723 g/mol. The van der Waals surface area contributed by atoms with Crippen LogP contribution in [0.2, 0.25) is 0 Å². The molecule has 3 heterocycles. The van der Waals surface area contributed by atoms with Gasteiger partial charge < -0.3 is 55.3 Å². The molecule has 3 fully saturated rings. The van der Waals surface area contributed by atoms with Crippen molar-refractivity contribution in [3.8, 4) is 5.75 Å². The number of morpholine rings is 1. The molecule has 0 saturated carbocycles. The number of nitrogens with one attached hydrogen (secondary N) is 2. The normalized spacial score (nSPS) is 28.3. The van der Waals surface area contributed by atoms with Crippen molar-refractivity contribution in [3.63, 3.8) is 0 Å². The highest BCUT2D eigenvalue weighted by molar-refractivity contribution is 5.95. The first kappa shape index (κ1) is 40.4. The van der Waals surface area contributed by atoms with E-state index in [1.54, 1.807) is 18.7 Å². The molecule has 3 aliphatic rings. The molecule has 7 atom stereocenters. The van der Waals surface area contributed by atoms with Gasteiger partial charge in [-0.1, -0.05) is 0 Å². The van der Waals surface area contributed by atoms with Crippen LogP contribution >= 0.6 is 0 Å². The van der Waals surface area contributed by atoms with E-state index in [-0.39, 0.29) is 36.8 Å². The number of phenols is 1. The van der Waals surface area contributed by atoms with Gasteiger partial charge in [0, 0.05) is 58.1 Å². The van der Waals surface area contributed by atoms with E-state index in [0.29, 0.717) is 50.4 Å². The van der Waals surface area contributed by atoms with Crippen molar-refractivity contribution in [1.82, 2.24) is 20.4 Å². The molecule has 16 heteroatoms. The molecule has 16 nitrogen and oxygen atoms in total. The van der Waals surface area contributed by atoms with Gasteiger partial charge in [-0.3, -0.25) is 19.3 Å². The van der Waals surface area contributed by atoms with Crippen molar-refractivity contribution < 1.29 is 58.9 Å². The average Bonchev–Trinajstić information content (AvgIpc) is 3.48. The molecule has 0 radical (unpaired) electrons. The minimum Gasteiger partial charge on any atom is -0.507 e. The van der Waals surface area contributed by atoms with Crippen molar-refractivity contribution in [3.05, 3.63) is 28.8 Å². The van der Waals surface area contributed by atoms with Crippen LogP contribution < -0.4 is 10.6 Å². The Labute approximate surface area is 298 Å². The third kappa shape index (κ3) is 9.54. The molecule has 0 aliphatic carbocycles. The lowest BCUT2D eigenvalue weighted by Crippen LogP contribution is -2.68. The number of rotatable bonds is 12. The number of carbonyl (C=O) groups is 4. The Balaban J connectivity index is 1.49. The van der Waals surface area contributed by atoms with Crippen molar-refractivity contribution in [2.75, 3.05) is 52.5 Å². The molecule has 7 N–H and O–H groups in total. The van der Waals surface area contributed by atoms with E-state index >= 15 is 0 Å². The molecule has 0 bridgehead atoms. The summed E-state index contributed by atoms with van der Waals surface area (Å²) in [4.78, 5) is 54.7. The Morgan fingerprint density at radius 3 is 2.39 bits per heavy atom. The number of likely N-dealkylation sites (tertiary alicyclic amines) is 1. The van der Waals surface area contributed by atoms with Crippen LogP contribution in [0.25, 0.3) is 0 Å². The number of carbonyl (C=O) groups excluding carboxylic acids is 3. The number of ether oxygens (including phenoxy) is 3. The Morgan fingerprint density at radius 1 is 1.12 bits per heavy atom. The number of aliphatic hydroxyl groups excluding tert-OH is 3. The highest BCUT2D eigenvalue weighted by Gasteiger charge is 2.55. The molecule has 3 aliphatic heterocycles. The maximum absolute atomic E-state index is 13.0. The van der Waals surface area contributed by atoms with E-state index in [1.165, 1.54) is 19.1 Å².